The van der Waals surface area contributed by atoms with Crippen molar-refractivity contribution in [2.45, 2.75) is 0 Å². The first kappa shape index (κ1) is 18.3. The van der Waals surface area contributed by atoms with Crippen LogP contribution in [0.5, 0.6) is 0 Å². The molecule has 0 aliphatic heterocycles. The van der Waals surface area contributed by atoms with Gasteiger partial charge in [-0.05, 0) is 64.4 Å². The van der Waals surface area contributed by atoms with Gasteiger partial charge in [0.1, 0.15) is 7.85 Å². The van der Waals surface area contributed by atoms with Gasteiger partial charge < -0.3 is 4.90 Å². The van der Waals surface area contributed by atoms with Gasteiger partial charge in [0, 0.05) is 17.1 Å². The lowest BCUT2D eigenvalue weighted by Gasteiger charge is -2.25. The molecule has 0 aliphatic rings. The van der Waals surface area contributed by atoms with E-state index < -0.39 is 0 Å². The molecule has 5 rings (SSSR count). The number of anilines is 3. The van der Waals surface area contributed by atoms with Gasteiger partial charge in [0.15, 0.2) is 0 Å². The van der Waals surface area contributed by atoms with Crippen LogP contribution in [0, 0.1) is 0 Å². The van der Waals surface area contributed by atoms with Crippen LogP contribution in [-0.4, -0.2) is 7.85 Å². The van der Waals surface area contributed by atoms with Crippen molar-refractivity contribution in [1.29, 1.82) is 0 Å². The second-order valence-corrected chi connectivity index (χ2v) is 7.34. The van der Waals surface area contributed by atoms with Gasteiger partial charge in [-0.2, -0.15) is 0 Å². The van der Waals surface area contributed by atoms with Crippen molar-refractivity contribution < 1.29 is 0 Å². The summed E-state index contributed by atoms with van der Waals surface area (Å²) in [7, 11) is 6.10. The van der Waals surface area contributed by atoms with Crippen LogP contribution in [0.1, 0.15) is 0 Å². The van der Waals surface area contributed by atoms with Gasteiger partial charge in [0.05, 0.1) is 0 Å². The second-order valence-electron chi connectivity index (χ2n) is 7.34. The minimum Gasteiger partial charge on any atom is -0.311 e. The van der Waals surface area contributed by atoms with Gasteiger partial charge in [0.2, 0.25) is 0 Å². The number of rotatable bonds is 4. The zero-order valence-electron chi connectivity index (χ0n) is 16.6. The maximum absolute atomic E-state index is 6.10. The molecular formula is C28H20BN. The third kappa shape index (κ3) is 3.49. The minimum absolute atomic E-state index is 0.816. The van der Waals surface area contributed by atoms with Crippen LogP contribution in [0.3, 0.4) is 0 Å². The number of fused-ring (bicyclic) bond motifs is 1. The third-order valence-corrected chi connectivity index (χ3v) is 5.40. The minimum atomic E-state index is 0.816. The molecule has 0 saturated carbocycles. The zero-order valence-corrected chi connectivity index (χ0v) is 16.6. The largest absolute Gasteiger partial charge is 0.311 e. The predicted octanol–water partition coefficient (Wildman–Crippen LogP) is 6.77. The highest BCUT2D eigenvalue weighted by atomic mass is 15.1. The summed E-state index contributed by atoms with van der Waals surface area (Å²) in [4.78, 5) is 2.27. The first-order chi connectivity index (χ1) is 14.8. The molecule has 5 aromatic carbocycles. The maximum atomic E-state index is 6.10. The summed E-state index contributed by atoms with van der Waals surface area (Å²) in [6.45, 7) is 0. The van der Waals surface area contributed by atoms with Crippen LogP contribution in [0.2, 0.25) is 0 Å². The first-order valence-electron chi connectivity index (χ1n) is 10.1. The Morgan fingerprint density at radius 1 is 0.467 bits per heavy atom. The Bertz CT molecular complexity index is 1240. The van der Waals surface area contributed by atoms with Crippen molar-refractivity contribution in [2.24, 2.45) is 0 Å². The van der Waals surface area contributed by atoms with Gasteiger partial charge in [-0.1, -0.05) is 84.3 Å². The zero-order chi connectivity index (χ0) is 20.3. The van der Waals surface area contributed by atoms with Gasteiger partial charge in [-0.25, -0.2) is 0 Å². The fourth-order valence-electron chi connectivity index (χ4n) is 3.89. The molecule has 0 bridgehead atoms. The average molecular weight is 381 g/mol. The van der Waals surface area contributed by atoms with Crippen molar-refractivity contribution in [1.82, 2.24) is 0 Å². The lowest BCUT2D eigenvalue weighted by Crippen LogP contribution is -2.09. The summed E-state index contributed by atoms with van der Waals surface area (Å²) in [6.07, 6.45) is 0. The van der Waals surface area contributed by atoms with E-state index in [2.05, 4.69) is 102 Å². The molecule has 0 aliphatic carbocycles. The molecule has 5 aromatic rings. The van der Waals surface area contributed by atoms with Gasteiger partial charge in [0.25, 0.3) is 0 Å². The number of benzene rings is 5. The fraction of sp³-hybridized carbons (Fsp3) is 0. The van der Waals surface area contributed by atoms with E-state index in [1.165, 1.54) is 11.1 Å². The van der Waals surface area contributed by atoms with Crippen LogP contribution in [0.4, 0.5) is 17.1 Å². The number of para-hydroxylation sites is 2. The molecule has 0 heterocycles. The molecule has 1 nitrogen and oxygen atoms in total. The summed E-state index contributed by atoms with van der Waals surface area (Å²) in [6, 6.07) is 42.1. The first-order valence-corrected chi connectivity index (χ1v) is 10.1. The van der Waals surface area contributed by atoms with Gasteiger partial charge in [-0.15, -0.1) is 0 Å². The van der Waals surface area contributed by atoms with Crippen molar-refractivity contribution >= 4 is 41.1 Å². The molecule has 0 atom stereocenters. The van der Waals surface area contributed by atoms with E-state index in [9.17, 15) is 0 Å². The molecule has 0 unspecified atom stereocenters. The summed E-state index contributed by atoms with van der Waals surface area (Å²) in [5, 5.41) is 2.25. The van der Waals surface area contributed by atoms with Crippen molar-refractivity contribution in [3.63, 3.8) is 0 Å². The molecule has 0 N–H and O–H groups in total. The molecule has 0 aromatic heterocycles. The second kappa shape index (κ2) is 7.92. The standard InChI is InChI=1S/C28H20BN/c29-28-13-7-8-23-20-22(16-19-27(23)28)21-14-17-26(18-15-21)30(24-9-3-1-4-10-24)25-11-5-2-6-12-25/h1-20H. The lowest BCUT2D eigenvalue weighted by atomic mass is 9.89. The Labute approximate surface area is 178 Å². The molecule has 2 heteroatoms. The predicted molar refractivity (Wildman–Crippen MR) is 129 cm³/mol. The molecular weight excluding hydrogens is 361 g/mol. The van der Waals surface area contributed by atoms with E-state index in [-0.39, 0.29) is 0 Å². The van der Waals surface area contributed by atoms with Gasteiger partial charge in [-0.3, -0.25) is 0 Å². The smallest absolute Gasteiger partial charge is 0.114 e. The Morgan fingerprint density at radius 3 is 1.67 bits per heavy atom. The maximum Gasteiger partial charge on any atom is 0.114 e. The Balaban J connectivity index is 1.54. The van der Waals surface area contributed by atoms with E-state index in [1.807, 2.05) is 24.3 Å². The van der Waals surface area contributed by atoms with E-state index >= 15 is 0 Å². The third-order valence-electron chi connectivity index (χ3n) is 5.40. The summed E-state index contributed by atoms with van der Waals surface area (Å²) in [5.41, 5.74) is 6.59. The quantitative estimate of drug-likeness (QED) is 0.311. The Kier molecular flexibility index (Phi) is 4.82. The number of nitrogens with zero attached hydrogens (tertiary/aromatic N) is 1. The Hall–Kier alpha value is -3.78. The van der Waals surface area contributed by atoms with Gasteiger partial charge >= 0.3 is 0 Å². The molecule has 30 heavy (non-hydrogen) atoms. The van der Waals surface area contributed by atoms with Crippen LogP contribution in [0.15, 0.2) is 121 Å². The van der Waals surface area contributed by atoms with Crippen LogP contribution in [-0.2, 0) is 0 Å². The van der Waals surface area contributed by atoms with E-state index in [0.29, 0.717) is 0 Å². The SMILES string of the molecule is [B]c1cccc2cc(-c3ccc(N(c4ccccc4)c4ccccc4)cc3)ccc12. The fourth-order valence-corrected chi connectivity index (χ4v) is 3.89. The number of hydrogen-bond acceptors (Lipinski definition) is 1. The van der Waals surface area contributed by atoms with Crippen LogP contribution < -0.4 is 10.4 Å². The van der Waals surface area contributed by atoms with Crippen molar-refractivity contribution in [3.8, 4) is 11.1 Å². The highest BCUT2D eigenvalue weighted by Crippen LogP contribution is 2.35. The molecule has 0 fully saturated rings. The van der Waals surface area contributed by atoms with E-state index in [4.69, 9.17) is 7.85 Å². The summed E-state index contributed by atoms with van der Waals surface area (Å²) < 4.78 is 0. The summed E-state index contributed by atoms with van der Waals surface area (Å²) in [5.74, 6) is 0. The Morgan fingerprint density at radius 2 is 1.03 bits per heavy atom. The average Bonchev–Trinajstić information content (AvgIpc) is 2.81. The van der Waals surface area contributed by atoms with Crippen LogP contribution in [0.25, 0.3) is 21.9 Å². The summed E-state index contributed by atoms with van der Waals surface area (Å²) >= 11 is 0. The van der Waals surface area contributed by atoms with Crippen LogP contribution >= 0.6 is 0 Å². The lowest BCUT2D eigenvalue weighted by molar-refractivity contribution is 1.28. The highest BCUT2D eigenvalue weighted by molar-refractivity contribution is 6.38. The molecule has 140 valence electrons. The topological polar surface area (TPSA) is 3.24 Å². The molecule has 2 radical (unpaired) electrons. The van der Waals surface area contributed by atoms with Crippen molar-refractivity contribution in [3.05, 3.63) is 121 Å². The highest BCUT2D eigenvalue weighted by Gasteiger charge is 2.12. The molecule has 0 spiro atoms. The van der Waals surface area contributed by atoms with E-state index in [1.54, 1.807) is 0 Å². The van der Waals surface area contributed by atoms with Crippen molar-refractivity contribution in [2.75, 3.05) is 4.90 Å². The normalized spacial score (nSPS) is 10.8. The van der Waals surface area contributed by atoms with E-state index in [0.717, 1.165) is 33.3 Å². The number of hydrogen-bond donors (Lipinski definition) is 0. The molecule has 0 amide bonds. The monoisotopic (exact) mass is 381 g/mol. The molecule has 0 saturated heterocycles.